The van der Waals surface area contributed by atoms with E-state index in [1.807, 2.05) is 11.0 Å². The van der Waals surface area contributed by atoms with E-state index in [1.165, 1.54) is 5.56 Å². The van der Waals surface area contributed by atoms with Gasteiger partial charge in [0.1, 0.15) is 0 Å². The fourth-order valence-electron chi connectivity index (χ4n) is 2.68. The van der Waals surface area contributed by atoms with Gasteiger partial charge in [0.15, 0.2) is 0 Å². The molecule has 1 aliphatic heterocycles. The first kappa shape index (κ1) is 9.88. The molecule has 0 spiro atoms. The Labute approximate surface area is 96.3 Å². The van der Waals surface area contributed by atoms with Crippen LogP contribution in [0.1, 0.15) is 32.3 Å². The molecule has 1 fully saturated rings. The smallest absolute Gasteiger partial charge is 0.227 e. The normalized spacial score (nSPS) is 26.5. The SMILES string of the molecule is CC1(C)CC1N1C(=O)CCc2ccccc21. The minimum absolute atomic E-state index is 0.300. The zero-order chi connectivity index (χ0) is 11.3. The van der Waals surface area contributed by atoms with Crippen molar-refractivity contribution in [1.29, 1.82) is 0 Å². The zero-order valence-corrected chi connectivity index (χ0v) is 9.86. The van der Waals surface area contributed by atoms with Crippen LogP contribution in [0.3, 0.4) is 0 Å². The molecule has 2 aliphatic rings. The van der Waals surface area contributed by atoms with Crippen molar-refractivity contribution in [3.05, 3.63) is 29.8 Å². The highest BCUT2D eigenvalue weighted by molar-refractivity contribution is 5.97. The monoisotopic (exact) mass is 215 g/mol. The first-order valence-corrected chi connectivity index (χ1v) is 5.99. The molecule has 0 saturated heterocycles. The first-order chi connectivity index (χ1) is 7.59. The van der Waals surface area contributed by atoms with Crippen molar-refractivity contribution in [3.8, 4) is 0 Å². The maximum Gasteiger partial charge on any atom is 0.227 e. The van der Waals surface area contributed by atoms with Crippen LogP contribution in [-0.2, 0) is 11.2 Å². The van der Waals surface area contributed by atoms with E-state index in [9.17, 15) is 4.79 Å². The average molecular weight is 215 g/mol. The highest BCUT2D eigenvalue weighted by Crippen LogP contribution is 2.51. The topological polar surface area (TPSA) is 20.3 Å². The highest BCUT2D eigenvalue weighted by Gasteiger charge is 2.52. The summed E-state index contributed by atoms with van der Waals surface area (Å²) in [6, 6.07) is 8.73. The van der Waals surface area contributed by atoms with Gasteiger partial charge in [0.05, 0.1) is 0 Å². The summed E-state index contributed by atoms with van der Waals surface area (Å²) in [5.41, 5.74) is 2.78. The molecular weight excluding hydrogens is 198 g/mol. The van der Waals surface area contributed by atoms with Crippen LogP contribution >= 0.6 is 0 Å². The second-order valence-corrected chi connectivity index (χ2v) is 5.60. The number of anilines is 1. The molecule has 1 heterocycles. The summed E-state index contributed by atoms with van der Waals surface area (Å²) in [7, 11) is 0. The molecule has 2 nitrogen and oxygen atoms in total. The summed E-state index contributed by atoms with van der Waals surface area (Å²) >= 11 is 0. The van der Waals surface area contributed by atoms with Gasteiger partial charge in [-0.05, 0) is 29.9 Å². The van der Waals surface area contributed by atoms with E-state index < -0.39 is 0 Å². The van der Waals surface area contributed by atoms with Gasteiger partial charge in [0.2, 0.25) is 5.91 Å². The lowest BCUT2D eigenvalue weighted by atomic mass is 10.00. The number of carbonyl (C=O) groups is 1. The van der Waals surface area contributed by atoms with E-state index in [-0.39, 0.29) is 0 Å². The number of para-hydroxylation sites is 1. The third-order valence-corrected chi connectivity index (χ3v) is 3.90. The molecule has 1 saturated carbocycles. The Kier molecular flexibility index (Phi) is 1.91. The van der Waals surface area contributed by atoms with Gasteiger partial charge in [-0.2, -0.15) is 0 Å². The van der Waals surface area contributed by atoms with E-state index in [2.05, 4.69) is 32.0 Å². The summed E-state index contributed by atoms with van der Waals surface area (Å²) in [6.45, 7) is 4.48. The summed E-state index contributed by atoms with van der Waals surface area (Å²) in [5, 5.41) is 0. The molecule has 3 rings (SSSR count). The Morgan fingerprint density at radius 3 is 2.62 bits per heavy atom. The van der Waals surface area contributed by atoms with Gasteiger partial charge in [0.25, 0.3) is 0 Å². The summed E-state index contributed by atoms with van der Waals surface area (Å²) < 4.78 is 0. The third-order valence-electron chi connectivity index (χ3n) is 3.90. The lowest BCUT2D eigenvalue weighted by Gasteiger charge is -2.30. The predicted molar refractivity (Wildman–Crippen MR) is 64.4 cm³/mol. The van der Waals surface area contributed by atoms with Gasteiger partial charge >= 0.3 is 0 Å². The predicted octanol–water partition coefficient (Wildman–Crippen LogP) is 2.76. The van der Waals surface area contributed by atoms with Crippen molar-refractivity contribution < 1.29 is 4.79 Å². The van der Waals surface area contributed by atoms with Gasteiger partial charge in [0, 0.05) is 18.2 Å². The van der Waals surface area contributed by atoms with E-state index in [0.717, 1.165) is 18.5 Å². The molecule has 1 aromatic rings. The van der Waals surface area contributed by atoms with E-state index >= 15 is 0 Å². The molecule has 2 heteroatoms. The summed E-state index contributed by atoms with van der Waals surface area (Å²) in [4.78, 5) is 14.1. The van der Waals surface area contributed by atoms with Crippen LogP contribution in [0.25, 0.3) is 0 Å². The van der Waals surface area contributed by atoms with Crippen LogP contribution in [0.15, 0.2) is 24.3 Å². The second-order valence-electron chi connectivity index (χ2n) is 5.60. The van der Waals surface area contributed by atoms with Gasteiger partial charge in [-0.15, -0.1) is 0 Å². The van der Waals surface area contributed by atoms with Gasteiger partial charge < -0.3 is 4.90 Å². The number of carbonyl (C=O) groups excluding carboxylic acids is 1. The Balaban J connectivity index is 2.01. The third kappa shape index (κ3) is 1.36. The maximum atomic E-state index is 12.1. The summed E-state index contributed by atoms with van der Waals surface area (Å²) in [5.74, 6) is 0.300. The minimum atomic E-state index is 0.300. The van der Waals surface area contributed by atoms with Crippen molar-refractivity contribution in [1.82, 2.24) is 0 Å². The van der Waals surface area contributed by atoms with Crippen LogP contribution in [0.2, 0.25) is 0 Å². The molecule has 0 radical (unpaired) electrons. The quantitative estimate of drug-likeness (QED) is 0.705. The second kappa shape index (κ2) is 3.09. The van der Waals surface area contributed by atoms with Crippen LogP contribution < -0.4 is 4.90 Å². The maximum absolute atomic E-state index is 12.1. The van der Waals surface area contributed by atoms with Crippen molar-refractivity contribution in [2.75, 3.05) is 4.90 Å². The van der Waals surface area contributed by atoms with Crippen molar-refractivity contribution >= 4 is 11.6 Å². The molecule has 1 amide bonds. The van der Waals surface area contributed by atoms with Crippen LogP contribution in [0.5, 0.6) is 0 Å². The molecule has 1 atom stereocenters. The zero-order valence-electron chi connectivity index (χ0n) is 9.86. The number of hydrogen-bond acceptors (Lipinski definition) is 1. The number of fused-ring (bicyclic) bond motifs is 1. The number of aryl methyl sites for hydroxylation is 1. The minimum Gasteiger partial charge on any atom is -0.309 e. The van der Waals surface area contributed by atoms with Gasteiger partial charge in [-0.25, -0.2) is 0 Å². The van der Waals surface area contributed by atoms with E-state index in [1.54, 1.807) is 0 Å². The Hall–Kier alpha value is -1.31. The van der Waals surface area contributed by atoms with Crippen molar-refractivity contribution in [2.45, 2.75) is 39.2 Å². The first-order valence-electron chi connectivity index (χ1n) is 5.99. The number of rotatable bonds is 1. The lowest BCUT2D eigenvalue weighted by molar-refractivity contribution is -0.119. The fraction of sp³-hybridized carbons (Fsp3) is 0.500. The highest BCUT2D eigenvalue weighted by atomic mass is 16.2. The molecule has 1 unspecified atom stereocenters. The molecule has 1 aromatic carbocycles. The van der Waals surface area contributed by atoms with E-state index in [0.29, 0.717) is 23.8 Å². The fourth-order valence-corrected chi connectivity index (χ4v) is 2.68. The standard InChI is InChI=1S/C14H17NO/c1-14(2)9-12(14)15-11-6-4-3-5-10(11)7-8-13(15)16/h3-6,12H,7-9H2,1-2H3. The Bertz CT molecular complexity index is 450. The van der Waals surface area contributed by atoms with Gasteiger partial charge in [-0.1, -0.05) is 32.0 Å². The molecule has 0 N–H and O–H groups in total. The number of amides is 1. The van der Waals surface area contributed by atoms with Crippen LogP contribution in [0, 0.1) is 5.41 Å². The molecule has 0 bridgehead atoms. The van der Waals surface area contributed by atoms with Crippen LogP contribution in [0.4, 0.5) is 5.69 Å². The molecule has 84 valence electrons. The van der Waals surface area contributed by atoms with Gasteiger partial charge in [-0.3, -0.25) is 4.79 Å². The number of hydrogen-bond donors (Lipinski definition) is 0. The van der Waals surface area contributed by atoms with Crippen molar-refractivity contribution in [3.63, 3.8) is 0 Å². The number of nitrogens with zero attached hydrogens (tertiary/aromatic N) is 1. The Morgan fingerprint density at radius 1 is 1.25 bits per heavy atom. The van der Waals surface area contributed by atoms with Crippen molar-refractivity contribution in [2.24, 2.45) is 5.41 Å². The number of benzene rings is 1. The molecular formula is C14H17NO. The molecule has 16 heavy (non-hydrogen) atoms. The van der Waals surface area contributed by atoms with E-state index in [4.69, 9.17) is 0 Å². The Morgan fingerprint density at radius 2 is 1.94 bits per heavy atom. The molecule has 0 aromatic heterocycles. The summed E-state index contributed by atoms with van der Waals surface area (Å²) in [6.07, 6.45) is 2.70. The lowest BCUT2D eigenvalue weighted by Crippen LogP contribution is -2.38. The largest absolute Gasteiger partial charge is 0.309 e. The van der Waals surface area contributed by atoms with Crippen LogP contribution in [-0.4, -0.2) is 11.9 Å². The molecule has 1 aliphatic carbocycles. The average Bonchev–Trinajstić information content (AvgIpc) is 2.87.